The van der Waals surface area contributed by atoms with Gasteiger partial charge < -0.3 is 18.7 Å². The molecule has 3 aromatic heterocycles. The minimum atomic E-state index is -1.03. The molecule has 1 aliphatic heterocycles. The Morgan fingerprint density at radius 1 is 0.962 bits per heavy atom. The highest BCUT2D eigenvalue weighted by molar-refractivity contribution is 6.31. The van der Waals surface area contributed by atoms with Crippen molar-refractivity contribution in [1.82, 2.24) is 29.9 Å². The molecule has 2 aromatic carbocycles. The number of anilines is 1. The van der Waals surface area contributed by atoms with Crippen molar-refractivity contribution >= 4 is 52.3 Å². The van der Waals surface area contributed by atoms with Crippen LogP contribution in [0.5, 0.6) is 0 Å². The summed E-state index contributed by atoms with van der Waals surface area (Å²) in [5.41, 5.74) is 0.440. The van der Waals surface area contributed by atoms with Gasteiger partial charge in [0.1, 0.15) is 23.6 Å². The Morgan fingerprint density at radius 2 is 1.68 bits per heavy atom. The number of pyridine rings is 1. The van der Waals surface area contributed by atoms with Crippen LogP contribution in [0.4, 0.5) is 15.4 Å². The largest absolute Gasteiger partial charge is 0.456 e. The number of hydrogen-bond acceptors (Lipinski definition) is 13. The van der Waals surface area contributed by atoms with Crippen LogP contribution in [0.2, 0.25) is 5.02 Å². The molecule has 17 heteroatoms. The summed E-state index contributed by atoms with van der Waals surface area (Å²) in [5.74, 6) is -1.64. The maximum absolute atomic E-state index is 13.6. The molecule has 0 N–H and O–H groups in total. The van der Waals surface area contributed by atoms with Crippen LogP contribution in [0.25, 0.3) is 27.8 Å². The molecule has 0 radical (unpaired) electrons. The molecule has 16 nitrogen and oxygen atoms in total. The van der Waals surface area contributed by atoms with Crippen LogP contribution in [0.3, 0.4) is 0 Å². The summed E-state index contributed by atoms with van der Waals surface area (Å²) in [6.45, 7) is 9.25. The quantitative estimate of drug-likeness (QED) is 0.106. The zero-order valence-electron chi connectivity index (χ0n) is 29.5. The highest BCUT2D eigenvalue weighted by Gasteiger charge is 2.56. The molecule has 53 heavy (non-hydrogen) atoms. The van der Waals surface area contributed by atoms with Crippen LogP contribution >= 0.6 is 11.6 Å². The summed E-state index contributed by atoms with van der Waals surface area (Å²) in [7, 11) is 0. The van der Waals surface area contributed by atoms with E-state index in [-0.39, 0.29) is 34.2 Å². The molecular formula is C36H34ClN7O9. The Kier molecular flexibility index (Phi) is 8.67. The van der Waals surface area contributed by atoms with Crippen molar-refractivity contribution in [2.24, 2.45) is 5.92 Å². The van der Waals surface area contributed by atoms with Crippen molar-refractivity contribution in [3.8, 4) is 16.8 Å². The van der Waals surface area contributed by atoms with Gasteiger partial charge in [0, 0.05) is 33.8 Å². The van der Waals surface area contributed by atoms with Gasteiger partial charge in [0.15, 0.2) is 23.8 Å². The number of aromatic nitrogens is 6. The first kappa shape index (κ1) is 35.5. The molecule has 0 unspecified atom stereocenters. The molecule has 0 bridgehead atoms. The number of tetrazole rings is 1. The number of ketones is 1. The van der Waals surface area contributed by atoms with Gasteiger partial charge >= 0.3 is 18.2 Å². The second-order valence-electron chi connectivity index (χ2n) is 14.8. The second-order valence-corrected chi connectivity index (χ2v) is 15.2. The lowest BCUT2D eigenvalue weighted by atomic mass is 10.0. The molecule has 1 aliphatic carbocycles. The Morgan fingerprint density at radius 3 is 2.34 bits per heavy atom. The van der Waals surface area contributed by atoms with Gasteiger partial charge in [0.25, 0.3) is 5.56 Å². The Hall–Kier alpha value is -5.90. The summed E-state index contributed by atoms with van der Waals surface area (Å²) < 4.78 is 24.7. The normalized spacial score (nSPS) is 17.5. The lowest BCUT2D eigenvalue weighted by Gasteiger charge is -2.27. The number of benzene rings is 2. The van der Waals surface area contributed by atoms with E-state index in [4.69, 9.17) is 30.3 Å². The minimum Gasteiger partial charge on any atom is -0.456 e. The summed E-state index contributed by atoms with van der Waals surface area (Å²) in [4.78, 5) is 67.1. The molecule has 2 aliphatic rings. The number of halogens is 1. The number of fused-ring (bicyclic) bond motifs is 4. The van der Waals surface area contributed by atoms with Crippen molar-refractivity contribution in [3.05, 3.63) is 81.5 Å². The van der Waals surface area contributed by atoms with E-state index < -0.39 is 53.3 Å². The summed E-state index contributed by atoms with van der Waals surface area (Å²) in [5, 5.41) is 16.0. The van der Waals surface area contributed by atoms with E-state index in [1.165, 1.54) is 39.8 Å². The van der Waals surface area contributed by atoms with E-state index in [0.717, 1.165) is 0 Å². The SMILES string of the molecule is CC(C)(C)OC(=O)N(C(=O)OC(C)(C)C)c1noc2cc(C(=O)COC(=O)[C@@H]3[C@H]4C[C@H]4c4cc(-c5cc(Cl)ccc5-n5cnnn5)cc(=O)n43)ccc12. The lowest BCUT2D eigenvalue weighted by Crippen LogP contribution is -2.44. The number of hydrogen-bond donors (Lipinski definition) is 0. The minimum absolute atomic E-state index is 0.0319. The summed E-state index contributed by atoms with van der Waals surface area (Å²) >= 11 is 6.32. The molecule has 274 valence electrons. The summed E-state index contributed by atoms with van der Waals surface area (Å²) in [6.07, 6.45) is 0.0499. The first-order valence-corrected chi connectivity index (χ1v) is 17.0. The highest BCUT2D eigenvalue weighted by atomic mass is 35.5. The van der Waals surface area contributed by atoms with Crippen LogP contribution in [0.15, 0.2) is 64.2 Å². The number of imide groups is 1. The van der Waals surface area contributed by atoms with Gasteiger partial charge in [-0.15, -0.1) is 5.10 Å². The average Bonchev–Trinajstić information content (AvgIpc) is 3.36. The zero-order chi connectivity index (χ0) is 38.0. The Bertz CT molecular complexity index is 2330. The molecule has 0 saturated heterocycles. The van der Waals surface area contributed by atoms with Crippen LogP contribution in [0.1, 0.15) is 76.0 Å². The monoisotopic (exact) mass is 743 g/mol. The van der Waals surface area contributed by atoms with Gasteiger partial charge in [-0.05, 0) is 106 Å². The third-order valence-corrected chi connectivity index (χ3v) is 8.83. The highest BCUT2D eigenvalue weighted by Crippen LogP contribution is 2.59. The number of rotatable bonds is 7. The van der Waals surface area contributed by atoms with Crippen molar-refractivity contribution in [3.63, 3.8) is 0 Å². The predicted molar refractivity (Wildman–Crippen MR) is 188 cm³/mol. The van der Waals surface area contributed by atoms with Crippen LogP contribution in [-0.2, 0) is 19.0 Å². The predicted octanol–water partition coefficient (Wildman–Crippen LogP) is 6.05. The number of ether oxygens (including phenoxy) is 3. The Balaban J connectivity index is 1.09. The number of carbonyl (C=O) groups excluding carboxylic acids is 4. The van der Waals surface area contributed by atoms with E-state index in [0.29, 0.717) is 38.9 Å². The van der Waals surface area contributed by atoms with Gasteiger partial charge in [-0.25, -0.2) is 14.4 Å². The van der Waals surface area contributed by atoms with Crippen LogP contribution in [0, 0.1) is 5.92 Å². The van der Waals surface area contributed by atoms with Crippen molar-refractivity contribution in [1.29, 1.82) is 0 Å². The molecule has 3 atom stereocenters. The van der Waals surface area contributed by atoms with Gasteiger partial charge in [-0.3, -0.25) is 14.2 Å². The molecule has 0 spiro atoms. The van der Waals surface area contributed by atoms with E-state index in [1.54, 1.807) is 59.7 Å². The number of esters is 1. The molecule has 4 heterocycles. The number of amides is 2. The van der Waals surface area contributed by atoms with E-state index in [1.807, 2.05) is 6.07 Å². The molecule has 2 amide bonds. The molecule has 5 aromatic rings. The number of nitrogens with zero attached hydrogens (tertiary/aromatic N) is 7. The standard InChI is InChI=1S/C36H34ClN7O9/c1-35(2,3)51-33(48)44(34(49)52-36(4,5)6)31-21-9-7-18(12-28(21)53-39-31)27(45)16-50-32(47)30-24-15-23(24)26-11-19(13-29(46)43(26)30)22-14-20(37)8-10-25(22)42-17-38-40-41-42/h7-14,17,23-24,30H,15-16H2,1-6H3/t23-,24+,30+/m1/s1. The lowest BCUT2D eigenvalue weighted by molar-refractivity contribution is -0.147. The Labute approximate surface area is 306 Å². The van der Waals surface area contributed by atoms with Crippen LogP contribution < -0.4 is 10.5 Å². The molecule has 1 fully saturated rings. The fourth-order valence-electron chi connectivity index (χ4n) is 6.35. The fourth-order valence-corrected chi connectivity index (χ4v) is 6.52. The van der Waals surface area contributed by atoms with Gasteiger partial charge in [0.05, 0.1) is 11.1 Å². The average molecular weight is 744 g/mol. The zero-order valence-corrected chi connectivity index (χ0v) is 30.3. The first-order valence-electron chi connectivity index (χ1n) is 16.6. The molecular weight excluding hydrogens is 710 g/mol. The third-order valence-electron chi connectivity index (χ3n) is 8.59. The van der Waals surface area contributed by atoms with Crippen molar-refractivity contribution < 1.29 is 37.9 Å². The number of Topliss-reactive ketones (excluding diaryl/α,β-unsaturated/α-hetero) is 1. The molecule has 7 rings (SSSR count). The first-order chi connectivity index (χ1) is 25.0. The van der Waals surface area contributed by atoms with Gasteiger partial charge in [0.2, 0.25) is 0 Å². The van der Waals surface area contributed by atoms with Gasteiger partial charge in [-0.2, -0.15) is 9.58 Å². The second kappa shape index (κ2) is 12.9. The maximum atomic E-state index is 13.6. The summed E-state index contributed by atoms with van der Waals surface area (Å²) in [6, 6.07) is 11.8. The van der Waals surface area contributed by atoms with E-state index in [2.05, 4.69) is 20.7 Å². The van der Waals surface area contributed by atoms with E-state index in [9.17, 15) is 24.0 Å². The fraction of sp³-hybridized carbons (Fsp3) is 0.361. The molecule has 1 saturated carbocycles. The van der Waals surface area contributed by atoms with Gasteiger partial charge in [-0.1, -0.05) is 22.8 Å². The number of carbonyl (C=O) groups is 4. The maximum Gasteiger partial charge on any atom is 0.425 e. The van der Waals surface area contributed by atoms with Crippen molar-refractivity contribution in [2.75, 3.05) is 11.5 Å². The smallest absolute Gasteiger partial charge is 0.425 e. The van der Waals surface area contributed by atoms with Crippen LogP contribution in [-0.4, -0.2) is 71.7 Å². The van der Waals surface area contributed by atoms with E-state index >= 15 is 0 Å². The third kappa shape index (κ3) is 7.01. The topological polar surface area (TPSA) is 191 Å². The van der Waals surface area contributed by atoms with Crippen molar-refractivity contribution in [2.45, 2.75) is 71.1 Å².